The van der Waals surface area contributed by atoms with Gasteiger partial charge in [0.1, 0.15) is 48.0 Å². The molecule has 456 valence electrons. The number of carbonyl (C=O) groups excluding carboxylic acids is 10. The number of hydrogen-bond donors (Lipinski definition) is 6. The van der Waals surface area contributed by atoms with E-state index in [1.54, 1.807) is 65.9 Å². The van der Waals surface area contributed by atoms with E-state index in [9.17, 15) is 53.1 Å². The van der Waals surface area contributed by atoms with Crippen molar-refractivity contribution in [2.75, 3.05) is 41.3 Å². The number of carbonyl (C=O) groups is 10. The van der Waals surface area contributed by atoms with Crippen LogP contribution in [0.5, 0.6) is 5.75 Å². The van der Waals surface area contributed by atoms with Gasteiger partial charge in [-0.2, -0.15) is 0 Å². The van der Waals surface area contributed by atoms with Gasteiger partial charge < -0.3 is 56.4 Å². The molecule has 1 aliphatic heterocycles. The quantitative estimate of drug-likeness (QED) is 0.0420. The van der Waals surface area contributed by atoms with Crippen LogP contribution in [-0.4, -0.2) is 167 Å². The normalized spacial score (nSPS) is 15.7. The maximum Gasteiger partial charge on any atom is 0.328 e. The van der Waals surface area contributed by atoms with Gasteiger partial charge in [-0.05, 0) is 98.3 Å². The van der Waals surface area contributed by atoms with Gasteiger partial charge in [0.15, 0.2) is 0 Å². The lowest BCUT2D eigenvalue weighted by Gasteiger charge is -2.37. The zero-order chi connectivity index (χ0) is 61.4. The van der Waals surface area contributed by atoms with E-state index in [1.807, 2.05) is 51.1 Å². The molecule has 0 spiro atoms. The summed E-state index contributed by atoms with van der Waals surface area (Å²) in [5.41, 5.74) is 7.34. The van der Waals surface area contributed by atoms with Gasteiger partial charge in [0, 0.05) is 59.9 Å². The lowest BCUT2D eigenvalue weighted by Crippen LogP contribution is -2.62. The standard InChI is InChI=1S/C61H95N9O12/c1-13-41(8)53(66-56(76)47(36-38(2)3)67(9)51(74)27-18-15-19-34-63-50(73)26-20-24-42-28-30-44(71)31-29-42)60(80)69(11)54(40(6)7)57(77)64-45(32-33-49(62)72)55(75)65-52(39(4)5)59(79)68(10)48(37-43-22-16-14-17-23-43)58(78)70-35-21-25-46(70)61(81)82-12/h14,16-17,22-23,28-31,38-41,45-48,52-54,71H,13,15,18-21,24-27,32-37H2,1-12H3,(H2,62,72)(H,63,73)(H,64,77)(H,65,75)(H,66,76)/t41-,45-,46-,47-,48+,52-,53-,54+/m0/s1. The van der Waals surface area contributed by atoms with Crippen LogP contribution in [0.4, 0.5) is 0 Å². The van der Waals surface area contributed by atoms with E-state index in [0.29, 0.717) is 70.8 Å². The molecule has 1 heterocycles. The minimum Gasteiger partial charge on any atom is -0.508 e. The molecular formula is C61H95N9O12. The van der Waals surface area contributed by atoms with E-state index >= 15 is 0 Å². The Labute approximate surface area is 485 Å². The topological polar surface area (TPSA) is 287 Å². The number of amides is 9. The molecule has 2 aromatic rings. The molecule has 0 radical (unpaired) electrons. The summed E-state index contributed by atoms with van der Waals surface area (Å²) in [6.45, 7) is 15.1. The predicted octanol–water partition coefficient (Wildman–Crippen LogP) is 4.40. The monoisotopic (exact) mass is 1150 g/mol. The van der Waals surface area contributed by atoms with Gasteiger partial charge in [0.05, 0.1) is 7.11 Å². The van der Waals surface area contributed by atoms with Gasteiger partial charge >= 0.3 is 5.97 Å². The largest absolute Gasteiger partial charge is 0.508 e. The lowest BCUT2D eigenvalue weighted by atomic mass is 9.94. The molecule has 8 atom stereocenters. The minimum absolute atomic E-state index is 0.0114. The number of nitrogens with zero attached hydrogens (tertiary/aromatic N) is 4. The minimum atomic E-state index is -1.42. The van der Waals surface area contributed by atoms with E-state index in [4.69, 9.17) is 10.5 Å². The van der Waals surface area contributed by atoms with Gasteiger partial charge in [-0.3, -0.25) is 43.2 Å². The van der Waals surface area contributed by atoms with Crippen molar-refractivity contribution in [3.63, 3.8) is 0 Å². The van der Waals surface area contributed by atoms with Gasteiger partial charge in [-0.1, -0.05) is 111 Å². The number of methoxy groups -OCH3 is 1. The molecule has 1 saturated heterocycles. The number of nitrogens with one attached hydrogen (secondary N) is 4. The number of rotatable bonds is 34. The smallest absolute Gasteiger partial charge is 0.328 e. The molecule has 82 heavy (non-hydrogen) atoms. The molecule has 3 rings (SSSR count). The number of esters is 1. The van der Waals surface area contributed by atoms with E-state index in [0.717, 1.165) is 11.1 Å². The Kier molecular flexibility index (Phi) is 29.0. The molecule has 1 aliphatic rings. The molecule has 0 unspecified atom stereocenters. The summed E-state index contributed by atoms with van der Waals surface area (Å²) in [6.07, 6.45) is 5.01. The number of likely N-dealkylation sites (N-methyl/N-ethyl adjacent to an activating group) is 3. The molecule has 0 aromatic heterocycles. The highest BCUT2D eigenvalue weighted by molar-refractivity contribution is 5.98. The molecule has 0 aliphatic carbocycles. The number of ether oxygens (including phenoxy) is 1. The van der Waals surface area contributed by atoms with Gasteiger partial charge in [0.2, 0.25) is 53.2 Å². The number of unbranched alkanes of at least 4 members (excludes halogenated alkanes) is 2. The first kappa shape index (κ1) is 69.2. The van der Waals surface area contributed by atoms with E-state index < -0.39 is 107 Å². The van der Waals surface area contributed by atoms with Crippen LogP contribution in [-0.2, 0) is 65.5 Å². The van der Waals surface area contributed by atoms with Gasteiger partial charge in [-0.25, -0.2) is 4.79 Å². The van der Waals surface area contributed by atoms with Crippen molar-refractivity contribution >= 4 is 59.1 Å². The molecule has 2 aromatic carbocycles. The Morgan fingerprint density at radius 3 is 1.91 bits per heavy atom. The molecule has 0 saturated carbocycles. The molecule has 21 heteroatoms. The Morgan fingerprint density at radius 2 is 1.33 bits per heavy atom. The lowest BCUT2D eigenvalue weighted by molar-refractivity contribution is -0.154. The highest BCUT2D eigenvalue weighted by Crippen LogP contribution is 2.24. The van der Waals surface area contributed by atoms with Crippen molar-refractivity contribution in [2.24, 2.45) is 29.4 Å². The van der Waals surface area contributed by atoms with Crippen molar-refractivity contribution in [1.29, 1.82) is 0 Å². The zero-order valence-corrected chi connectivity index (χ0v) is 50.7. The number of aromatic hydroxyl groups is 1. The zero-order valence-electron chi connectivity index (χ0n) is 50.7. The SMILES string of the molecule is CC[C@H](C)[C@H](NC(=O)[C@H](CC(C)C)N(C)C(=O)CCCCCNC(=O)CCCc1ccc(O)cc1)C(=O)N(C)[C@@H](C(=O)N[C@@H](CCC(N)=O)C(=O)N[C@H](C(=O)N(C)[C@H](Cc1ccccc1)C(=O)N1CCC[C@H]1C(=O)OC)C(C)C)C(C)C. The first-order valence-electron chi connectivity index (χ1n) is 29.2. The van der Waals surface area contributed by atoms with Crippen molar-refractivity contribution < 1.29 is 57.8 Å². The fraction of sp³-hybridized carbons (Fsp3) is 0.639. The summed E-state index contributed by atoms with van der Waals surface area (Å²) in [5, 5.41) is 20.9. The van der Waals surface area contributed by atoms with Crippen LogP contribution in [0, 0.1) is 23.7 Å². The summed E-state index contributed by atoms with van der Waals surface area (Å²) in [5.74, 6) is -6.74. The second-order valence-electron chi connectivity index (χ2n) is 23.0. The van der Waals surface area contributed by atoms with E-state index in [1.165, 1.54) is 40.8 Å². The highest BCUT2D eigenvalue weighted by atomic mass is 16.5. The third kappa shape index (κ3) is 21.4. The third-order valence-corrected chi connectivity index (χ3v) is 15.4. The molecular weight excluding hydrogens is 1050 g/mol. The summed E-state index contributed by atoms with van der Waals surface area (Å²) < 4.78 is 5.00. The average Bonchev–Trinajstić information content (AvgIpc) is 4.10. The first-order valence-corrected chi connectivity index (χ1v) is 29.2. The number of primary amides is 1. The number of phenols is 1. The van der Waals surface area contributed by atoms with Crippen molar-refractivity contribution in [3.8, 4) is 5.75 Å². The predicted molar refractivity (Wildman–Crippen MR) is 312 cm³/mol. The van der Waals surface area contributed by atoms with Crippen LogP contribution >= 0.6 is 0 Å². The molecule has 1 fully saturated rings. The number of benzene rings is 2. The average molecular weight is 1150 g/mol. The number of aryl methyl sites for hydroxylation is 1. The van der Waals surface area contributed by atoms with Crippen LogP contribution in [0.2, 0.25) is 0 Å². The molecule has 7 N–H and O–H groups in total. The fourth-order valence-electron chi connectivity index (χ4n) is 10.2. The Morgan fingerprint density at radius 1 is 0.695 bits per heavy atom. The van der Waals surface area contributed by atoms with Crippen LogP contribution in [0.1, 0.15) is 144 Å². The second-order valence-corrected chi connectivity index (χ2v) is 23.0. The summed E-state index contributed by atoms with van der Waals surface area (Å²) in [4.78, 5) is 143. The van der Waals surface area contributed by atoms with Crippen LogP contribution < -0.4 is 27.0 Å². The Hall–Kier alpha value is -7.06. The van der Waals surface area contributed by atoms with E-state index in [2.05, 4.69) is 21.3 Å². The molecule has 21 nitrogen and oxygen atoms in total. The van der Waals surface area contributed by atoms with Crippen LogP contribution in [0.25, 0.3) is 0 Å². The van der Waals surface area contributed by atoms with Crippen LogP contribution in [0.15, 0.2) is 54.6 Å². The van der Waals surface area contributed by atoms with Crippen molar-refractivity contribution in [3.05, 3.63) is 65.7 Å². The van der Waals surface area contributed by atoms with Gasteiger partial charge in [-0.15, -0.1) is 0 Å². The maximum atomic E-state index is 14.7. The van der Waals surface area contributed by atoms with Crippen molar-refractivity contribution in [2.45, 2.75) is 188 Å². The summed E-state index contributed by atoms with van der Waals surface area (Å²) in [7, 11) is 5.72. The molecule has 0 bridgehead atoms. The maximum absolute atomic E-state index is 14.7. The third-order valence-electron chi connectivity index (χ3n) is 15.4. The fourth-order valence-corrected chi connectivity index (χ4v) is 10.2. The summed E-state index contributed by atoms with van der Waals surface area (Å²) in [6, 6.07) is 8.13. The van der Waals surface area contributed by atoms with Gasteiger partial charge in [0.25, 0.3) is 0 Å². The number of phenolic OH excluding ortho intramolecular Hbond substituents is 1. The Bertz CT molecular complexity index is 2440. The number of nitrogens with two attached hydrogens (primary N) is 1. The highest BCUT2D eigenvalue weighted by Gasteiger charge is 2.43. The Balaban J connectivity index is 1.76. The van der Waals surface area contributed by atoms with E-state index in [-0.39, 0.29) is 55.7 Å². The van der Waals surface area contributed by atoms with Crippen LogP contribution in [0.3, 0.4) is 0 Å². The summed E-state index contributed by atoms with van der Waals surface area (Å²) >= 11 is 0. The molecule has 9 amide bonds. The van der Waals surface area contributed by atoms with Crippen molar-refractivity contribution in [1.82, 2.24) is 40.9 Å². The number of likely N-dealkylation sites (tertiary alicyclic amines) is 1. The number of hydrogen-bond acceptors (Lipinski definition) is 12. The second kappa shape index (κ2) is 34.4. The first-order chi connectivity index (χ1) is 38.7.